The van der Waals surface area contributed by atoms with Crippen LogP contribution in [0.2, 0.25) is 0 Å². The maximum atomic E-state index is 12.9. The van der Waals surface area contributed by atoms with Gasteiger partial charge >= 0.3 is 0 Å². The molecule has 0 unspecified atom stereocenters. The van der Waals surface area contributed by atoms with E-state index in [0.29, 0.717) is 36.6 Å². The van der Waals surface area contributed by atoms with Gasteiger partial charge in [-0.25, -0.2) is 0 Å². The molecule has 1 aromatic carbocycles. The lowest BCUT2D eigenvalue weighted by molar-refractivity contribution is 0.102. The van der Waals surface area contributed by atoms with Gasteiger partial charge in [0, 0.05) is 28.5 Å². The van der Waals surface area contributed by atoms with Crippen molar-refractivity contribution < 1.29 is 9.53 Å². The van der Waals surface area contributed by atoms with E-state index in [-0.39, 0.29) is 11.5 Å². The number of pyridine rings is 1. The fraction of sp³-hybridized carbons (Fsp3) is 0.333. The highest BCUT2D eigenvalue weighted by Crippen LogP contribution is 2.26. The highest BCUT2D eigenvalue weighted by Gasteiger charge is 2.24. The number of ether oxygens (including phenoxy) is 1. The molecule has 1 aliphatic rings. The molecular formula is C18H19BrN2O3. The number of anilines is 1. The van der Waals surface area contributed by atoms with Crippen LogP contribution in [0.5, 0.6) is 5.75 Å². The smallest absolute Gasteiger partial charge is 0.261 e. The number of carbonyl (C=O) groups is 1. The van der Waals surface area contributed by atoms with E-state index < -0.39 is 0 Å². The summed E-state index contributed by atoms with van der Waals surface area (Å²) in [5.74, 6) is 0.122. The molecule has 1 N–H and O–H groups in total. The van der Waals surface area contributed by atoms with Crippen LogP contribution in [0, 0.1) is 0 Å². The number of fused-ring (bicyclic) bond motifs is 1. The highest BCUT2D eigenvalue weighted by atomic mass is 79.9. The summed E-state index contributed by atoms with van der Waals surface area (Å²) in [6.07, 6.45) is 2.63. The van der Waals surface area contributed by atoms with Gasteiger partial charge in [0.05, 0.1) is 6.61 Å². The zero-order chi connectivity index (χ0) is 17.1. The number of carbonyl (C=O) groups excluding carboxylic acids is 1. The van der Waals surface area contributed by atoms with Crippen LogP contribution < -0.4 is 15.6 Å². The summed E-state index contributed by atoms with van der Waals surface area (Å²) >= 11 is 3.38. The van der Waals surface area contributed by atoms with Crippen LogP contribution in [0.25, 0.3) is 0 Å². The number of benzene rings is 1. The van der Waals surface area contributed by atoms with E-state index in [1.165, 1.54) is 6.07 Å². The van der Waals surface area contributed by atoms with Gasteiger partial charge in [0.15, 0.2) is 0 Å². The molecule has 1 amide bonds. The molecule has 5 nitrogen and oxygen atoms in total. The number of nitrogens with one attached hydrogen (secondary N) is 1. The molecule has 0 aliphatic carbocycles. The molecule has 1 aliphatic heterocycles. The fourth-order valence-electron chi connectivity index (χ4n) is 2.98. The van der Waals surface area contributed by atoms with Crippen molar-refractivity contribution in [3.8, 4) is 5.75 Å². The van der Waals surface area contributed by atoms with Crippen molar-refractivity contribution in [3.63, 3.8) is 0 Å². The molecule has 126 valence electrons. The summed E-state index contributed by atoms with van der Waals surface area (Å²) in [5, 5.41) is 2.90. The molecule has 0 fully saturated rings. The Kier molecular flexibility index (Phi) is 5.04. The van der Waals surface area contributed by atoms with Gasteiger partial charge in [-0.3, -0.25) is 9.59 Å². The average molecular weight is 391 g/mol. The highest BCUT2D eigenvalue weighted by molar-refractivity contribution is 9.10. The second-order valence-corrected chi connectivity index (χ2v) is 6.59. The van der Waals surface area contributed by atoms with Crippen LogP contribution in [0.15, 0.2) is 39.6 Å². The number of hydrogen-bond acceptors (Lipinski definition) is 3. The summed E-state index contributed by atoms with van der Waals surface area (Å²) in [7, 11) is 0. The molecule has 0 saturated heterocycles. The summed E-state index contributed by atoms with van der Waals surface area (Å²) in [4.78, 5) is 25.1. The average Bonchev–Trinajstić information content (AvgIpc) is 2.57. The first-order valence-electron chi connectivity index (χ1n) is 8.06. The molecule has 2 aromatic rings. The van der Waals surface area contributed by atoms with E-state index in [9.17, 15) is 9.59 Å². The number of halogens is 1. The minimum Gasteiger partial charge on any atom is -0.493 e. The van der Waals surface area contributed by atoms with Gasteiger partial charge in [0.1, 0.15) is 11.3 Å². The number of rotatable bonds is 4. The molecule has 6 heteroatoms. The number of hydrogen-bond donors (Lipinski definition) is 1. The van der Waals surface area contributed by atoms with Crippen LogP contribution in [0.1, 0.15) is 35.8 Å². The number of aromatic nitrogens is 1. The molecule has 3 rings (SSSR count). The third kappa shape index (κ3) is 3.38. The lowest BCUT2D eigenvalue weighted by Gasteiger charge is -2.23. The maximum Gasteiger partial charge on any atom is 0.261 e. The SMILES string of the molecule is CCOc1cc(=O)n2c(c1C(=O)Nc1ccc(Br)cc1)CCCC2. The summed E-state index contributed by atoms with van der Waals surface area (Å²) in [5.41, 5.74) is 1.84. The van der Waals surface area contributed by atoms with E-state index >= 15 is 0 Å². The minimum atomic E-state index is -0.244. The quantitative estimate of drug-likeness (QED) is 0.867. The normalized spacial score (nSPS) is 13.2. The van der Waals surface area contributed by atoms with E-state index in [4.69, 9.17) is 4.74 Å². The second-order valence-electron chi connectivity index (χ2n) is 5.67. The van der Waals surface area contributed by atoms with Crippen molar-refractivity contribution in [1.29, 1.82) is 0 Å². The Morgan fingerprint density at radius 3 is 2.75 bits per heavy atom. The largest absolute Gasteiger partial charge is 0.493 e. The zero-order valence-electron chi connectivity index (χ0n) is 13.5. The Balaban J connectivity index is 2.02. The zero-order valence-corrected chi connectivity index (χ0v) is 15.1. The Hall–Kier alpha value is -2.08. The van der Waals surface area contributed by atoms with Crippen LogP contribution >= 0.6 is 15.9 Å². The van der Waals surface area contributed by atoms with Crippen molar-refractivity contribution in [2.24, 2.45) is 0 Å². The summed E-state index contributed by atoms with van der Waals surface area (Å²) < 4.78 is 8.22. The van der Waals surface area contributed by atoms with E-state index in [0.717, 1.165) is 23.0 Å². The second kappa shape index (κ2) is 7.21. The van der Waals surface area contributed by atoms with Gasteiger partial charge in [-0.2, -0.15) is 0 Å². The first kappa shape index (κ1) is 16.8. The Morgan fingerprint density at radius 1 is 1.29 bits per heavy atom. The van der Waals surface area contributed by atoms with Gasteiger partial charge in [-0.05, 0) is 50.5 Å². The summed E-state index contributed by atoms with van der Waals surface area (Å²) in [6, 6.07) is 8.80. The monoisotopic (exact) mass is 390 g/mol. The van der Waals surface area contributed by atoms with Gasteiger partial charge in [0.25, 0.3) is 11.5 Å². The van der Waals surface area contributed by atoms with Crippen molar-refractivity contribution in [2.45, 2.75) is 32.7 Å². The van der Waals surface area contributed by atoms with Crippen molar-refractivity contribution in [2.75, 3.05) is 11.9 Å². The lowest BCUT2D eigenvalue weighted by Crippen LogP contribution is -2.31. The molecule has 0 atom stereocenters. The molecule has 1 aromatic heterocycles. The van der Waals surface area contributed by atoms with Crippen molar-refractivity contribution >= 4 is 27.5 Å². The molecule has 24 heavy (non-hydrogen) atoms. The van der Waals surface area contributed by atoms with Crippen molar-refractivity contribution in [1.82, 2.24) is 4.57 Å². The van der Waals surface area contributed by atoms with Gasteiger partial charge in [-0.1, -0.05) is 15.9 Å². The predicted octanol–water partition coefficient (Wildman–Crippen LogP) is 3.60. The third-order valence-electron chi connectivity index (χ3n) is 4.06. The summed E-state index contributed by atoms with van der Waals surface area (Å²) in [6.45, 7) is 2.90. The lowest BCUT2D eigenvalue weighted by atomic mass is 10.0. The fourth-order valence-corrected chi connectivity index (χ4v) is 3.24. The topological polar surface area (TPSA) is 60.3 Å². The molecular weight excluding hydrogens is 372 g/mol. The maximum absolute atomic E-state index is 12.9. The van der Waals surface area contributed by atoms with E-state index in [1.54, 1.807) is 4.57 Å². The Morgan fingerprint density at radius 2 is 2.04 bits per heavy atom. The molecule has 0 spiro atoms. The molecule has 2 heterocycles. The molecule has 0 saturated carbocycles. The van der Waals surface area contributed by atoms with Crippen LogP contribution in [0.3, 0.4) is 0 Å². The van der Waals surface area contributed by atoms with Gasteiger partial charge < -0.3 is 14.6 Å². The Labute approximate surface area is 148 Å². The number of nitrogens with zero attached hydrogens (tertiary/aromatic N) is 1. The molecule has 0 bridgehead atoms. The Bertz CT molecular complexity index is 812. The molecule has 0 radical (unpaired) electrons. The first-order chi connectivity index (χ1) is 11.6. The van der Waals surface area contributed by atoms with E-state index in [1.807, 2.05) is 31.2 Å². The minimum absolute atomic E-state index is 0.103. The van der Waals surface area contributed by atoms with Crippen molar-refractivity contribution in [3.05, 3.63) is 56.4 Å². The van der Waals surface area contributed by atoms with Gasteiger partial charge in [0.2, 0.25) is 0 Å². The van der Waals surface area contributed by atoms with Crippen LogP contribution in [0.4, 0.5) is 5.69 Å². The van der Waals surface area contributed by atoms with E-state index in [2.05, 4.69) is 21.2 Å². The van der Waals surface area contributed by atoms with Crippen LogP contribution in [-0.4, -0.2) is 17.1 Å². The first-order valence-corrected chi connectivity index (χ1v) is 8.86. The predicted molar refractivity (Wildman–Crippen MR) is 96.9 cm³/mol. The number of amides is 1. The third-order valence-corrected chi connectivity index (χ3v) is 4.58. The van der Waals surface area contributed by atoms with Gasteiger partial charge in [-0.15, -0.1) is 0 Å². The standard InChI is InChI=1S/C18H19BrN2O3/c1-2-24-15-11-16(22)21-10-4-3-5-14(21)17(15)18(23)20-13-8-6-12(19)7-9-13/h6-9,11H,2-5,10H2,1H3,(H,20,23). The van der Waals surface area contributed by atoms with Crippen LogP contribution in [-0.2, 0) is 13.0 Å².